The molecule has 13 nitrogen and oxygen atoms in total. The van der Waals surface area contributed by atoms with Crippen molar-refractivity contribution >= 4 is 34.0 Å². The van der Waals surface area contributed by atoms with Gasteiger partial charge in [-0.1, -0.05) is 225 Å². The Balaban J connectivity index is 1.34. The molecule has 590 valence electrons. The van der Waals surface area contributed by atoms with Crippen molar-refractivity contribution in [1.29, 1.82) is 0 Å². The molecule has 103 heavy (non-hydrogen) atoms. The van der Waals surface area contributed by atoms with Gasteiger partial charge in [0, 0.05) is 55.9 Å². The maximum absolute atomic E-state index is 7.59. The predicted octanol–water partition coefficient (Wildman–Crippen LogP) is 24.5. The van der Waals surface area contributed by atoms with Crippen molar-refractivity contribution in [2.24, 2.45) is 51.8 Å². The highest BCUT2D eigenvalue weighted by Gasteiger charge is 2.45. The first-order valence-electron chi connectivity index (χ1n) is 42.1. The van der Waals surface area contributed by atoms with Crippen molar-refractivity contribution in [1.82, 2.24) is 4.57 Å². The molecular formula is C87H147NO12S3. The van der Waals surface area contributed by atoms with Crippen molar-refractivity contribution in [3.63, 3.8) is 0 Å². The number of hydrogen-bond acceptors (Lipinski definition) is 15. The highest BCUT2D eigenvalue weighted by molar-refractivity contribution is 7.25. The lowest BCUT2D eigenvalue weighted by Gasteiger charge is -2.32. The summed E-state index contributed by atoms with van der Waals surface area (Å²) in [6.07, 6.45) is 32.4. The standard InChI is InChI=1S/C87H147NO12S3/c1-16-29-36-37-46-88-73(81-77-75(65(14)101-81)95-59-85(61-97-77,53-89-47-67(23-8)38-30-17-2)54-90-48-68(24-9)39-31-18-3)44-45-74(88)82-79-80(100-64-87(63-99-79,57-93-51-71(27-12)42-34-21-6)58-94-52-72(28-13)43-35-22-7)84(103-82)83-78-76(66(15)102-83)96-60-86(62-98-78,55-91-49-69(25-10)40-32-19-4)56-92-50-70(26-11)41-33-20-5/h44-45,67-72H,16-43,46-64H2,1-15H3. The maximum atomic E-state index is 7.59. The molecule has 7 rings (SSSR count). The Morgan fingerprint density at radius 3 is 0.845 bits per heavy atom. The van der Waals surface area contributed by atoms with Crippen molar-refractivity contribution < 1.29 is 56.8 Å². The highest BCUT2D eigenvalue weighted by Crippen LogP contribution is 2.61. The first-order valence-corrected chi connectivity index (χ1v) is 44.6. The Hall–Kier alpha value is -3.06. The summed E-state index contributed by atoms with van der Waals surface area (Å²) in [6.45, 7) is 44.6. The molecule has 7 heterocycles. The predicted molar refractivity (Wildman–Crippen MR) is 433 cm³/mol. The van der Waals surface area contributed by atoms with Crippen LogP contribution >= 0.6 is 34.0 Å². The third-order valence-electron chi connectivity index (χ3n) is 22.7. The van der Waals surface area contributed by atoms with Crippen LogP contribution in [0.1, 0.15) is 280 Å². The molecular weight excluding hydrogens is 1350 g/mol. The van der Waals surface area contributed by atoms with E-state index in [0.29, 0.717) is 141 Å². The van der Waals surface area contributed by atoms with Crippen LogP contribution in [0.3, 0.4) is 0 Å². The monoisotopic (exact) mass is 1490 g/mol. The molecule has 0 bridgehead atoms. The van der Waals surface area contributed by atoms with Gasteiger partial charge in [-0.3, -0.25) is 0 Å². The molecule has 0 N–H and O–H groups in total. The van der Waals surface area contributed by atoms with Crippen molar-refractivity contribution in [2.45, 2.75) is 290 Å². The van der Waals surface area contributed by atoms with Crippen LogP contribution in [-0.2, 0) is 35.0 Å². The van der Waals surface area contributed by atoms with E-state index >= 15 is 0 Å². The van der Waals surface area contributed by atoms with Crippen LogP contribution in [0.15, 0.2) is 12.1 Å². The molecule has 0 radical (unpaired) electrons. The van der Waals surface area contributed by atoms with Gasteiger partial charge in [-0.15, -0.1) is 34.0 Å². The number of fused-ring (bicyclic) bond motifs is 3. The van der Waals surface area contributed by atoms with Crippen LogP contribution < -0.4 is 28.4 Å². The molecule has 0 spiro atoms. The number of unbranched alkanes of at least 4 members (excludes halogenated alkanes) is 9. The van der Waals surface area contributed by atoms with Gasteiger partial charge < -0.3 is 61.4 Å². The SMILES string of the molecule is CCCCCCn1c(-c2sc(C)c3c2OCC(COCC(CC)CCCC)(COCC(CC)CCCC)CO3)ccc1-c1sc(-c2sc(C)c3c2OCC(COCC(CC)CCCC)(COCC(CC)CCCC)CO3)c2c1OCC(COCC(CC)CCCC)(COCC(CC)CCCC)CO2. The number of aryl methyl sites for hydroxylation is 2. The molecule has 4 aromatic heterocycles. The Bertz CT molecular complexity index is 2860. The molecule has 0 fully saturated rings. The van der Waals surface area contributed by atoms with Gasteiger partial charge >= 0.3 is 0 Å². The van der Waals surface area contributed by atoms with Gasteiger partial charge in [0.05, 0.1) is 86.8 Å². The smallest absolute Gasteiger partial charge is 0.182 e. The number of rotatable bonds is 56. The summed E-state index contributed by atoms with van der Waals surface area (Å²) in [5, 5.41) is 0. The van der Waals surface area contributed by atoms with Gasteiger partial charge in [0.25, 0.3) is 0 Å². The van der Waals surface area contributed by atoms with Crippen LogP contribution in [-0.4, -0.2) is 123 Å². The zero-order chi connectivity index (χ0) is 73.9. The molecule has 3 aliphatic rings. The van der Waals surface area contributed by atoms with Crippen molar-refractivity contribution in [3.05, 3.63) is 21.9 Å². The molecule has 0 aromatic carbocycles. The number of hydrogen-bond donors (Lipinski definition) is 0. The molecule has 16 heteroatoms. The Labute approximate surface area is 639 Å². The van der Waals surface area contributed by atoms with Crippen molar-refractivity contribution in [2.75, 3.05) is 119 Å². The highest BCUT2D eigenvalue weighted by atomic mass is 32.1. The zero-order valence-electron chi connectivity index (χ0n) is 67.9. The van der Waals surface area contributed by atoms with Gasteiger partial charge in [0.15, 0.2) is 34.5 Å². The van der Waals surface area contributed by atoms with E-state index in [2.05, 4.69) is 121 Å². The van der Waals surface area contributed by atoms with E-state index in [9.17, 15) is 0 Å². The summed E-state index contributed by atoms with van der Waals surface area (Å²) in [6, 6.07) is 4.64. The number of thiophene rings is 3. The van der Waals surface area contributed by atoms with E-state index in [1.165, 1.54) is 103 Å². The Morgan fingerprint density at radius 1 is 0.311 bits per heavy atom. The fourth-order valence-electron chi connectivity index (χ4n) is 14.9. The van der Waals surface area contributed by atoms with Crippen LogP contribution in [0.2, 0.25) is 0 Å². The molecule has 0 amide bonds. The first kappa shape index (κ1) is 87.2. The van der Waals surface area contributed by atoms with Crippen LogP contribution in [0, 0.1) is 65.6 Å². The van der Waals surface area contributed by atoms with Crippen LogP contribution in [0.4, 0.5) is 0 Å². The number of nitrogens with zero attached hydrogens (tertiary/aromatic N) is 1. The summed E-state index contributed by atoms with van der Waals surface area (Å²) in [5.74, 6) is 7.70. The minimum absolute atomic E-state index is 0.366. The quantitative estimate of drug-likeness (QED) is 0.0392. The summed E-state index contributed by atoms with van der Waals surface area (Å²) in [7, 11) is 0. The lowest BCUT2D eigenvalue weighted by atomic mass is 9.91. The summed E-state index contributed by atoms with van der Waals surface area (Å²) >= 11 is 5.24. The fourth-order valence-corrected chi connectivity index (χ4v) is 18.3. The second-order valence-electron chi connectivity index (χ2n) is 31.8. The first-order chi connectivity index (χ1) is 50.2. The largest absolute Gasteiger partial charge is 0.488 e. The molecule has 0 saturated carbocycles. The van der Waals surface area contributed by atoms with E-state index in [1.807, 2.05) is 0 Å². The van der Waals surface area contributed by atoms with Gasteiger partial charge in [-0.2, -0.15) is 0 Å². The van der Waals surface area contributed by atoms with E-state index in [-0.39, 0.29) is 0 Å². The van der Waals surface area contributed by atoms with Gasteiger partial charge in [0.2, 0.25) is 0 Å². The topological polar surface area (TPSA) is 116 Å². The normalized spacial score (nSPS) is 20.0. The molecule has 6 atom stereocenters. The molecule has 3 aliphatic heterocycles. The Morgan fingerprint density at radius 2 is 0.553 bits per heavy atom. The van der Waals surface area contributed by atoms with E-state index < -0.39 is 16.2 Å². The van der Waals surface area contributed by atoms with E-state index in [1.54, 1.807) is 34.0 Å². The molecule has 4 aromatic rings. The fraction of sp³-hybridized carbons (Fsp3) is 0.816. The average molecular weight is 1500 g/mol. The summed E-state index contributed by atoms with van der Waals surface area (Å²) in [5.41, 5.74) is 0.557. The molecule has 0 aliphatic carbocycles. The van der Waals surface area contributed by atoms with Gasteiger partial charge in [-0.25, -0.2) is 0 Å². The van der Waals surface area contributed by atoms with Crippen LogP contribution in [0.25, 0.3) is 30.9 Å². The van der Waals surface area contributed by atoms with Gasteiger partial charge in [-0.05, 0) is 106 Å². The molecule has 6 unspecified atom stereocenters. The summed E-state index contributed by atoms with van der Waals surface area (Å²) in [4.78, 5) is 6.22. The molecule has 0 saturated heterocycles. The Kier molecular flexibility index (Phi) is 39.9. The minimum atomic E-state index is -0.596. The number of ether oxygens (including phenoxy) is 12. The third kappa shape index (κ3) is 25.8. The summed E-state index contributed by atoms with van der Waals surface area (Å²) < 4.78 is 87.8. The third-order valence-corrected chi connectivity index (χ3v) is 26.1. The zero-order valence-corrected chi connectivity index (χ0v) is 70.4. The maximum Gasteiger partial charge on any atom is 0.182 e. The average Bonchev–Trinajstić information content (AvgIpc) is 1.58. The van der Waals surface area contributed by atoms with E-state index in [0.717, 1.165) is 172 Å². The lowest BCUT2D eigenvalue weighted by molar-refractivity contribution is -0.0717. The lowest BCUT2D eigenvalue weighted by Crippen LogP contribution is -2.43. The van der Waals surface area contributed by atoms with Gasteiger partial charge in [0.1, 0.15) is 39.6 Å². The second kappa shape index (κ2) is 47.1. The minimum Gasteiger partial charge on any atom is -0.488 e. The second-order valence-corrected chi connectivity index (χ2v) is 35.3. The van der Waals surface area contributed by atoms with Crippen LogP contribution in [0.5, 0.6) is 34.5 Å². The van der Waals surface area contributed by atoms with Crippen molar-refractivity contribution in [3.8, 4) is 65.4 Å². The number of aromatic nitrogens is 1. The van der Waals surface area contributed by atoms with E-state index in [4.69, 9.17) is 56.8 Å².